The molecule has 4 amide bonds. The molecule has 3 aromatic heterocycles. The van der Waals surface area contributed by atoms with Crippen molar-refractivity contribution in [2.45, 2.75) is 105 Å². The normalized spacial score (nSPS) is 16.7. The highest BCUT2D eigenvalue weighted by Gasteiger charge is 2.44. The van der Waals surface area contributed by atoms with Crippen molar-refractivity contribution in [3.05, 3.63) is 83.8 Å². The number of aliphatic hydroxyl groups is 1. The van der Waals surface area contributed by atoms with Crippen LogP contribution in [0.4, 0.5) is 22.2 Å². The molecule has 2 fully saturated rings. The second-order valence-electron chi connectivity index (χ2n) is 22.4. The number of methoxy groups -OCH3 is 2. The molecule has 23 nitrogen and oxygen atoms in total. The second-order valence-corrected chi connectivity index (χ2v) is 23.2. The summed E-state index contributed by atoms with van der Waals surface area (Å²) < 4.78 is 45.6. The van der Waals surface area contributed by atoms with Crippen LogP contribution in [0.1, 0.15) is 72.6 Å². The molecule has 2 aliphatic rings. The summed E-state index contributed by atoms with van der Waals surface area (Å²) in [6.45, 7) is 18.9. The summed E-state index contributed by atoms with van der Waals surface area (Å²) in [5.74, 6) is 1.10. The molecule has 0 spiro atoms. The number of aryl methyl sites for hydroxylation is 1. The number of anilines is 3. The van der Waals surface area contributed by atoms with Gasteiger partial charge in [-0.15, -0.1) is 11.3 Å². The van der Waals surface area contributed by atoms with Crippen molar-refractivity contribution in [1.82, 2.24) is 40.4 Å². The molecule has 2 aromatic carbocycles. The average molecular weight is 1180 g/mol. The minimum atomic E-state index is -0.984. The van der Waals surface area contributed by atoms with Gasteiger partial charge in [0, 0.05) is 74.9 Å². The predicted molar refractivity (Wildman–Crippen MR) is 318 cm³/mol. The first-order chi connectivity index (χ1) is 40.2. The molecule has 1 unspecified atom stereocenters. The lowest BCUT2D eigenvalue weighted by Crippen LogP contribution is -2.58. The Labute approximate surface area is 496 Å². The fraction of sp³-hybridized carbons (Fsp3) is 0.533. The van der Waals surface area contributed by atoms with E-state index in [1.165, 1.54) is 12.0 Å². The van der Waals surface area contributed by atoms with Crippen molar-refractivity contribution in [2.75, 3.05) is 110 Å². The number of pyridine rings is 1. The van der Waals surface area contributed by atoms with Crippen LogP contribution in [0.2, 0.25) is 0 Å². The number of piperazine rings is 1. The maximum Gasteiger partial charge on any atom is 0.410 e. The number of ether oxygens (including phenoxy) is 8. The lowest BCUT2D eigenvalue weighted by Gasteiger charge is -2.41. The van der Waals surface area contributed by atoms with E-state index in [2.05, 4.69) is 37.7 Å². The predicted octanol–water partition coefficient (Wildman–Crippen LogP) is 6.82. The molecule has 0 radical (unpaired) electrons. The van der Waals surface area contributed by atoms with Gasteiger partial charge in [-0.1, -0.05) is 52.0 Å². The Morgan fingerprint density at radius 3 is 2.08 bits per heavy atom. The highest BCUT2D eigenvalue weighted by molar-refractivity contribution is 7.13. The number of carbonyl (C=O) groups is 4. The van der Waals surface area contributed by atoms with Crippen molar-refractivity contribution in [3.63, 3.8) is 0 Å². The fourth-order valence-electron chi connectivity index (χ4n) is 9.53. The molecule has 4 atom stereocenters. The first-order valence-corrected chi connectivity index (χ1v) is 29.2. The van der Waals surface area contributed by atoms with E-state index in [4.69, 9.17) is 47.9 Å². The molecule has 2 saturated heterocycles. The Morgan fingerprint density at radius 2 is 1.46 bits per heavy atom. The first kappa shape index (κ1) is 64.3. The molecule has 24 heteroatoms. The van der Waals surface area contributed by atoms with Gasteiger partial charge < -0.3 is 73.7 Å². The summed E-state index contributed by atoms with van der Waals surface area (Å²) in [5.41, 5.74) is 5.50. The number of rotatable bonds is 28. The molecule has 0 saturated carbocycles. The molecule has 5 aromatic rings. The van der Waals surface area contributed by atoms with Crippen molar-refractivity contribution in [1.29, 1.82) is 0 Å². The quantitative estimate of drug-likeness (QED) is 0.0375. The van der Waals surface area contributed by atoms with Crippen LogP contribution in [0.3, 0.4) is 0 Å². The number of aliphatic hydroxyl groups excluding tert-OH is 1. The van der Waals surface area contributed by atoms with Gasteiger partial charge in [-0.25, -0.2) is 24.7 Å². The number of thiazole rings is 1. The van der Waals surface area contributed by atoms with Gasteiger partial charge in [-0.2, -0.15) is 0 Å². The Kier molecular flexibility index (Phi) is 23.4. The molecule has 84 heavy (non-hydrogen) atoms. The number of nitrogens with zero attached hydrogens (tertiary/aromatic N) is 7. The number of aromatic nitrogens is 4. The molecule has 5 heterocycles. The van der Waals surface area contributed by atoms with Gasteiger partial charge in [-0.05, 0) is 68.9 Å². The van der Waals surface area contributed by atoms with Crippen molar-refractivity contribution < 1.29 is 62.2 Å². The van der Waals surface area contributed by atoms with E-state index >= 15 is 0 Å². The van der Waals surface area contributed by atoms with E-state index in [9.17, 15) is 24.3 Å². The smallest absolute Gasteiger partial charge is 0.410 e. The van der Waals surface area contributed by atoms with Gasteiger partial charge in [0.15, 0.2) is 11.5 Å². The minimum Gasteiger partial charge on any atom is -0.493 e. The summed E-state index contributed by atoms with van der Waals surface area (Å²) in [4.78, 5) is 78.1. The summed E-state index contributed by atoms with van der Waals surface area (Å²) in [5, 5.41) is 19.6. The first-order valence-electron chi connectivity index (χ1n) is 28.3. The Hall–Kier alpha value is -7.22. The number of benzene rings is 2. The van der Waals surface area contributed by atoms with Crippen LogP contribution in [0.5, 0.6) is 17.2 Å². The molecule has 7 rings (SSSR count). The van der Waals surface area contributed by atoms with E-state index in [1.54, 1.807) is 43.0 Å². The van der Waals surface area contributed by atoms with Crippen molar-refractivity contribution in [2.24, 2.45) is 5.41 Å². The highest BCUT2D eigenvalue weighted by atomic mass is 32.1. The van der Waals surface area contributed by atoms with Crippen LogP contribution in [-0.2, 0) is 44.6 Å². The number of likely N-dealkylation sites (tertiary alicyclic amines) is 1. The minimum absolute atomic E-state index is 0.00266. The van der Waals surface area contributed by atoms with E-state index in [1.807, 2.05) is 101 Å². The van der Waals surface area contributed by atoms with Crippen LogP contribution < -0.4 is 35.1 Å². The van der Waals surface area contributed by atoms with Crippen molar-refractivity contribution in [3.8, 4) is 38.9 Å². The second kappa shape index (κ2) is 30.5. The lowest BCUT2D eigenvalue weighted by molar-refractivity contribution is -0.144. The van der Waals surface area contributed by atoms with E-state index in [0.29, 0.717) is 80.6 Å². The number of hydrogen-bond donors (Lipinski definition) is 4. The van der Waals surface area contributed by atoms with Gasteiger partial charge >= 0.3 is 6.09 Å². The number of β-amino-alcohol motifs (C(OH)–C–C–N with tert-alkyl or cyclic N) is 1. The van der Waals surface area contributed by atoms with Crippen LogP contribution in [0.15, 0.2) is 72.5 Å². The summed E-state index contributed by atoms with van der Waals surface area (Å²) in [6.07, 6.45) is 3.16. The monoisotopic (exact) mass is 1180 g/mol. The molecule has 456 valence electrons. The van der Waals surface area contributed by atoms with Gasteiger partial charge in [-0.3, -0.25) is 14.4 Å². The topological polar surface area (TPSA) is 260 Å². The molecule has 0 bridgehead atoms. The van der Waals surface area contributed by atoms with E-state index in [0.717, 1.165) is 39.5 Å². The zero-order valence-corrected chi connectivity index (χ0v) is 50.8. The third-order valence-electron chi connectivity index (χ3n) is 13.9. The molecule has 4 N–H and O–H groups in total. The number of amides is 4. The maximum absolute atomic E-state index is 14.0. The molecular weight excluding hydrogens is 1100 g/mol. The van der Waals surface area contributed by atoms with Crippen LogP contribution >= 0.6 is 11.3 Å². The van der Waals surface area contributed by atoms with Gasteiger partial charge in [0.2, 0.25) is 29.4 Å². The Morgan fingerprint density at radius 1 is 0.786 bits per heavy atom. The number of hydrogen-bond acceptors (Lipinski definition) is 20. The average Bonchev–Trinajstić information content (AvgIpc) is 3.53. The summed E-state index contributed by atoms with van der Waals surface area (Å²) in [6, 6.07) is 15.3. The Balaban J connectivity index is 0.764. The molecule has 2 aliphatic heterocycles. The van der Waals surface area contributed by atoms with Gasteiger partial charge in [0.05, 0.1) is 94.4 Å². The highest BCUT2D eigenvalue weighted by Crippen LogP contribution is 2.41. The maximum atomic E-state index is 14.0. The fourth-order valence-corrected chi connectivity index (χ4v) is 10.3. The summed E-state index contributed by atoms with van der Waals surface area (Å²) >= 11 is 1.57. The van der Waals surface area contributed by atoms with Gasteiger partial charge in [0.25, 0.3) is 0 Å². The van der Waals surface area contributed by atoms with Gasteiger partial charge in [0.1, 0.15) is 36.7 Å². The van der Waals surface area contributed by atoms with E-state index < -0.39 is 41.0 Å². The standard InChI is InChI=1S/C60H82N10O13S/c1-11-44-35-68(20-21-69(44)58(75)83-60(6,7)8)50-17-16-42(34-62-50)46-18-19-61-57(66-46)65-43-30-48(76-9)52(77-10)49(31-43)82-29-28-80-25-24-78-22-23-79-26-27-81-37-51(72)67-54(59(3,4)5)56(74)70-36-45(71)32-47(70)55(73)63-33-40-12-14-41(15-13-40)53-39(2)64-38-84-53/h12-19,30-31,34,38,44-45,47,54,71H,11,20-29,32-33,35-37H2,1-10H3,(H,63,73)(H,67,72)(H,61,65,66)/t44?,45-,47+,54-/m1/s1. The van der Waals surface area contributed by atoms with Crippen LogP contribution in [0.25, 0.3) is 21.7 Å². The molecule has 0 aliphatic carbocycles. The third kappa shape index (κ3) is 18.4. The number of nitrogens with one attached hydrogen (secondary N) is 3. The third-order valence-corrected chi connectivity index (χ3v) is 14.8. The zero-order chi connectivity index (χ0) is 60.4. The Bertz CT molecular complexity index is 2940. The van der Waals surface area contributed by atoms with Crippen LogP contribution in [0, 0.1) is 12.3 Å². The SMILES string of the molecule is CCC1CN(c2ccc(-c3ccnc(Nc4cc(OC)c(OC)c(OCCOCCOCCOCCOCC(=O)N[C@H](C(=O)N5C[C@H](O)C[C@H]5C(=O)NCc5ccc(-c6scnc6C)cc5)C(C)(C)C)c4)n3)cn2)CCN1C(=O)OC(C)(C)C. The van der Waals surface area contributed by atoms with Crippen LogP contribution in [-0.4, -0.2) is 188 Å². The summed E-state index contributed by atoms with van der Waals surface area (Å²) in [7, 11) is 3.07. The van der Waals surface area contributed by atoms with E-state index in [-0.39, 0.29) is 70.6 Å². The lowest BCUT2D eigenvalue weighted by atomic mass is 9.85. The zero-order valence-electron chi connectivity index (χ0n) is 49.9. The van der Waals surface area contributed by atoms with Crippen molar-refractivity contribution >= 4 is 52.6 Å². The largest absolute Gasteiger partial charge is 0.493 e. The molecular formula is C60H82N10O13S. The number of carbonyl (C=O) groups excluding carboxylic acids is 4.